The number of nitrogens with zero attached hydrogens (tertiary/aromatic N) is 3. The molecule has 2 aromatic carbocycles. The van der Waals surface area contributed by atoms with Gasteiger partial charge in [0.1, 0.15) is 11.9 Å². The molecule has 0 aliphatic carbocycles. The van der Waals surface area contributed by atoms with E-state index in [1.807, 2.05) is 45.0 Å². The highest BCUT2D eigenvalue weighted by Gasteiger charge is 2.24. The Balaban J connectivity index is 1.60. The minimum absolute atomic E-state index is 0.0102. The molecule has 8 heteroatoms. The molecule has 0 aliphatic heterocycles. The monoisotopic (exact) mass is 397 g/mol. The molecular weight excluding hydrogens is 373 g/mol. The number of halogens is 1. The van der Waals surface area contributed by atoms with Crippen molar-refractivity contribution in [3.63, 3.8) is 0 Å². The van der Waals surface area contributed by atoms with Crippen LogP contribution in [0.4, 0.5) is 4.39 Å². The van der Waals surface area contributed by atoms with Gasteiger partial charge >= 0.3 is 0 Å². The van der Waals surface area contributed by atoms with E-state index in [0.29, 0.717) is 5.82 Å². The van der Waals surface area contributed by atoms with Crippen molar-refractivity contribution < 1.29 is 13.9 Å². The van der Waals surface area contributed by atoms with E-state index >= 15 is 0 Å². The van der Waals surface area contributed by atoms with E-state index in [0.717, 1.165) is 16.7 Å². The van der Waals surface area contributed by atoms with Crippen LogP contribution in [0.15, 0.2) is 48.5 Å². The van der Waals surface area contributed by atoms with Crippen molar-refractivity contribution in [3.8, 4) is 11.4 Å². The lowest BCUT2D eigenvalue weighted by atomic mass is 10.0. The third kappa shape index (κ3) is 5.45. The largest absolute Gasteiger partial charge is 0.363 e. The van der Waals surface area contributed by atoms with Gasteiger partial charge in [-0.25, -0.2) is 9.49 Å². The van der Waals surface area contributed by atoms with Gasteiger partial charge in [0.05, 0.1) is 12.6 Å². The van der Waals surface area contributed by atoms with E-state index in [2.05, 4.69) is 25.9 Å². The number of rotatable bonds is 8. The molecular formula is C21H24FN5O2. The Kier molecular flexibility index (Phi) is 6.66. The maximum atomic E-state index is 13.0. The summed E-state index contributed by atoms with van der Waals surface area (Å²) in [4.78, 5) is 12.8. The average molecular weight is 397 g/mol. The van der Waals surface area contributed by atoms with Crippen molar-refractivity contribution >= 4 is 5.91 Å². The fourth-order valence-electron chi connectivity index (χ4n) is 2.93. The molecule has 0 bridgehead atoms. The van der Waals surface area contributed by atoms with E-state index in [-0.39, 0.29) is 30.3 Å². The maximum Gasteiger partial charge on any atom is 0.249 e. The van der Waals surface area contributed by atoms with Crippen LogP contribution in [0.2, 0.25) is 0 Å². The van der Waals surface area contributed by atoms with Crippen LogP contribution in [-0.4, -0.2) is 32.6 Å². The number of nitrogens with one attached hydrogen (secondary N) is 2. The normalized spacial score (nSPS) is 13.3. The smallest absolute Gasteiger partial charge is 0.249 e. The van der Waals surface area contributed by atoms with Gasteiger partial charge < -0.3 is 10.1 Å². The van der Waals surface area contributed by atoms with Crippen molar-refractivity contribution in [1.82, 2.24) is 25.9 Å². The van der Waals surface area contributed by atoms with Crippen LogP contribution in [0.1, 0.15) is 37.9 Å². The van der Waals surface area contributed by atoms with Crippen LogP contribution in [-0.2, 0) is 16.1 Å². The second-order valence-electron chi connectivity index (χ2n) is 7.20. The van der Waals surface area contributed by atoms with E-state index in [1.165, 1.54) is 12.1 Å². The summed E-state index contributed by atoms with van der Waals surface area (Å²) < 4.78 is 18.9. The predicted octanol–water partition coefficient (Wildman–Crippen LogP) is 3.42. The molecule has 1 aromatic heterocycles. The number of aromatic amines is 1. The van der Waals surface area contributed by atoms with Gasteiger partial charge in [0.2, 0.25) is 5.91 Å². The minimum atomic E-state index is -0.609. The minimum Gasteiger partial charge on any atom is -0.363 e. The van der Waals surface area contributed by atoms with Gasteiger partial charge in [0.25, 0.3) is 0 Å². The van der Waals surface area contributed by atoms with Crippen LogP contribution >= 0.6 is 0 Å². The lowest BCUT2D eigenvalue weighted by molar-refractivity contribution is -0.137. The molecule has 2 atom stereocenters. The Hall–Kier alpha value is -3.13. The molecule has 2 N–H and O–H groups in total. The van der Waals surface area contributed by atoms with Gasteiger partial charge in [-0.1, -0.05) is 50.2 Å². The van der Waals surface area contributed by atoms with E-state index < -0.39 is 6.10 Å². The molecule has 152 valence electrons. The zero-order chi connectivity index (χ0) is 20.8. The molecule has 1 heterocycles. The summed E-state index contributed by atoms with van der Waals surface area (Å²) >= 11 is 0. The number of carbonyl (C=O) groups excluding carboxylic acids is 1. The SMILES string of the molecule is CC(C)[C@@H](OCc1ccc(F)cc1)C(=O)N[C@@H](C)c1ccc(-c2nnn[nH]2)cc1. The van der Waals surface area contributed by atoms with Crippen molar-refractivity contribution in [1.29, 1.82) is 0 Å². The van der Waals surface area contributed by atoms with E-state index in [9.17, 15) is 9.18 Å². The number of hydrogen-bond acceptors (Lipinski definition) is 5. The van der Waals surface area contributed by atoms with Crippen LogP contribution in [0.3, 0.4) is 0 Å². The molecule has 7 nitrogen and oxygen atoms in total. The first-order valence-electron chi connectivity index (χ1n) is 9.44. The Morgan fingerprint density at radius 3 is 2.38 bits per heavy atom. The standard InChI is InChI=1S/C21H24FN5O2/c1-13(2)19(29-12-15-4-10-18(22)11-5-15)21(28)23-14(3)16-6-8-17(9-7-16)20-24-26-27-25-20/h4-11,13-14,19H,12H2,1-3H3,(H,23,28)(H,24,25,26,27)/t14-,19+/m0/s1. The summed E-state index contributed by atoms with van der Waals surface area (Å²) in [5, 5.41) is 16.7. The molecule has 0 fully saturated rings. The fraction of sp³-hybridized carbons (Fsp3) is 0.333. The summed E-state index contributed by atoms with van der Waals surface area (Å²) in [6, 6.07) is 13.5. The molecule has 0 unspecified atom stereocenters. The summed E-state index contributed by atoms with van der Waals surface area (Å²) in [6.07, 6.45) is -0.609. The molecule has 0 spiro atoms. The first-order valence-corrected chi connectivity index (χ1v) is 9.44. The highest BCUT2D eigenvalue weighted by molar-refractivity contribution is 5.81. The Bertz CT molecular complexity index is 911. The molecule has 3 aromatic rings. The quantitative estimate of drug-likeness (QED) is 0.608. The Morgan fingerprint density at radius 2 is 1.79 bits per heavy atom. The highest BCUT2D eigenvalue weighted by Crippen LogP contribution is 2.19. The number of tetrazole rings is 1. The van der Waals surface area contributed by atoms with Gasteiger partial charge in [0, 0.05) is 5.56 Å². The zero-order valence-corrected chi connectivity index (χ0v) is 16.6. The van der Waals surface area contributed by atoms with Crippen LogP contribution in [0.25, 0.3) is 11.4 Å². The van der Waals surface area contributed by atoms with E-state index in [4.69, 9.17) is 4.74 Å². The van der Waals surface area contributed by atoms with Crippen LogP contribution in [0, 0.1) is 11.7 Å². The molecule has 29 heavy (non-hydrogen) atoms. The third-order valence-electron chi connectivity index (χ3n) is 4.59. The van der Waals surface area contributed by atoms with Gasteiger partial charge in [-0.2, -0.15) is 0 Å². The van der Waals surface area contributed by atoms with Gasteiger partial charge in [-0.05, 0) is 46.5 Å². The van der Waals surface area contributed by atoms with Gasteiger partial charge in [-0.15, -0.1) is 5.10 Å². The average Bonchev–Trinajstić information content (AvgIpc) is 3.24. The number of aromatic nitrogens is 4. The zero-order valence-electron chi connectivity index (χ0n) is 16.6. The van der Waals surface area contributed by atoms with Crippen molar-refractivity contribution in [2.45, 2.75) is 39.5 Å². The lowest BCUT2D eigenvalue weighted by Gasteiger charge is -2.23. The Labute approximate surface area is 168 Å². The first kappa shape index (κ1) is 20.6. The van der Waals surface area contributed by atoms with Gasteiger partial charge in [0.15, 0.2) is 5.82 Å². The lowest BCUT2D eigenvalue weighted by Crippen LogP contribution is -2.40. The number of H-pyrrole nitrogens is 1. The molecule has 0 saturated heterocycles. The van der Waals surface area contributed by atoms with E-state index in [1.54, 1.807) is 12.1 Å². The summed E-state index contributed by atoms with van der Waals surface area (Å²) in [5.41, 5.74) is 2.63. The molecule has 3 rings (SSSR count). The fourth-order valence-corrected chi connectivity index (χ4v) is 2.93. The van der Waals surface area contributed by atoms with Crippen molar-refractivity contribution in [2.24, 2.45) is 5.92 Å². The molecule has 0 aliphatic rings. The topological polar surface area (TPSA) is 92.8 Å². The summed E-state index contributed by atoms with van der Waals surface area (Å²) in [6.45, 7) is 6.02. The third-order valence-corrected chi connectivity index (χ3v) is 4.59. The van der Waals surface area contributed by atoms with Crippen LogP contribution in [0.5, 0.6) is 0 Å². The summed E-state index contributed by atoms with van der Waals surface area (Å²) in [5.74, 6) is 0.0933. The van der Waals surface area contributed by atoms with Crippen molar-refractivity contribution in [3.05, 3.63) is 65.5 Å². The highest BCUT2D eigenvalue weighted by atomic mass is 19.1. The number of ether oxygens (including phenoxy) is 1. The molecule has 1 amide bonds. The molecule has 0 saturated carbocycles. The first-order chi connectivity index (χ1) is 13.9. The number of hydrogen-bond donors (Lipinski definition) is 2. The second-order valence-corrected chi connectivity index (χ2v) is 7.20. The predicted molar refractivity (Wildman–Crippen MR) is 106 cm³/mol. The maximum absolute atomic E-state index is 13.0. The Morgan fingerprint density at radius 1 is 1.10 bits per heavy atom. The van der Waals surface area contributed by atoms with Crippen molar-refractivity contribution in [2.75, 3.05) is 0 Å². The molecule has 0 radical (unpaired) electrons. The van der Waals surface area contributed by atoms with Gasteiger partial charge in [-0.3, -0.25) is 4.79 Å². The summed E-state index contributed by atoms with van der Waals surface area (Å²) in [7, 11) is 0. The second kappa shape index (κ2) is 9.38. The van der Waals surface area contributed by atoms with Crippen LogP contribution < -0.4 is 5.32 Å². The number of amides is 1. The number of carbonyl (C=O) groups is 1. The number of benzene rings is 2.